The Labute approximate surface area is 78.0 Å². The molecule has 0 atom stereocenters. The topological polar surface area (TPSA) is 9.23 Å². The van der Waals surface area contributed by atoms with Gasteiger partial charge >= 0.3 is 0 Å². The second-order valence-corrected chi connectivity index (χ2v) is 3.78. The van der Waals surface area contributed by atoms with E-state index in [1.165, 1.54) is 28.7 Å². The van der Waals surface area contributed by atoms with Gasteiger partial charge in [-0.15, -0.1) is 0 Å². The Morgan fingerprint density at radius 1 is 1.15 bits per heavy atom. The number of rotatable bonds is 0. The van der Waals surface area contributed by atoms with Crippen LogP contribution in [0.15, 0.2) is 18.7 Å². The van der Waals surface area contributed by atoms with Gasteiger partial charge in [0.15, 0.2) is 0 Å². The Morgan fingerprint density at radius 2 is 2.08 bits per heavy atom. The molecule has 1 aliphatic carbocycles. The van der Waals surface area contributed by atoms with Crippen molar-refractivity contribution >= 4 is 5.57 Å². The Morgan fingerprint density at radius 3 is 3.00 bits per heavy atom. The standard InChI is InChI=1S/C12H12O/c1-8-2-3-9-4-5-11-10(12(8)9)6-7-13-11/h4-5H,1-3,6-7H2. The number of ether oxygens (including phenoxy) is 1. The van der Waals surface area contributed by atoms with Gasteiger partial charge in [0.05, 0.1) is 6.61 Å². The molecule has 0 saturated heterocycles. The maximum absolute atomic E-state index is 5.53. The fourth-order valence-electron chi connectivity index (χ4n) is 2.38. The first-order valence-corrected chi connectivity index (χ1v) is 4.82. The van der Waals surface area contributed by atoms with E-state index < -0.39 is 0 Å². The zero-order chi connectivity index (χ0) is 8.84. The first-order valence-electron chi connectivity index (χ1n) is 4.82. The Balaban J connectivity index is 2.29. The third-order valence-electron chi connectivity index (χ3n) is 3.02. The third kappa shape index (κ3) is 0.873. The maximum Gasteiger partial charge on any atom is 0.123 e. The van der Waals surface area contributed by atoms with E-state index in [9.17, 15) is 0 Å². The number of allylic oxidation sites excluding steroid dienone is 1. The smallest absolute Gasteiger partial charge is 0.123 e. The molecule has 66 valence electrons. The number of hydrogen-bond donors (Lipinski definition) is 0. The van der Waals surface area contributed by atoms with Gasteiger partial charge in [-0.05, 0) is 35.6 Å². The highest BCUT2D eigenvalue weighted by molar-refractivity contribution is 5.75. The molecule has 0 aromatic heterocycles. The van der Waals surface area contributed by atoms with Gasteiger partial charge < -0.3 is 4.74 Å². The fourth-order valence-corrected chi connectivity index (χ4v) is 2.38. The van der Waals surface area contributed by atoms with Crippen LogP contribution in [0.4, 0.5) is 0 Å². The average molecular weight is 172 g/mol. The van der Waals surface area contributed by atoms with Crippen molar-refractivity contribution in [1.29, 1.82) is 0 Å². The van der Waals surface area contributed by atoms with Crippen LogP contribution in [-0.4, -0.2) is 6.61 Å². The molecule has 1 aromatic rings. The first kappa shape index (κ1) is 7.19. The first-order chi connectivity index (χ1) is 6.36. The van der Waals surface area contributed by atoms with Crippen molar-refractivity contribution in [2.24, 2.45) is 0 Å². The molecule has 3 rings (SSSR count). The molecule has 1 aromatic carbocycles. The van der Waals surface area contributed by atoms with E-state index in [0.29, 0.717) is 0 Å². The lowest BCUT2D eigenvalue weighted by Gasteiger charge is -2.05. The SMILES string of the molecule is C=C1CCc2ccc3c(c21)CCO3. The van der Waals surface area contributed by atoms with Gasteiger partial charge in [0.2, 0.25) is 0 Å². The highest BCUT2D eigenvalue weighted by Gasteiger charge is 2.23. The van der Waals surface area contributed by atoms with Crippen LogP contribution in [0, 0.1) is 0 Å². The van der Waals surface area contributed by atoms with Crippen LogP contribution >= 0.6 is 0 Å². The van der Waals surface area contributed by atoms with Gasteiger partial charge in [-0.2, -0.15) is 0 Å². The molecule has 0 amide bonds. The minimum atomic E-state index is 0.846. The predicted octanol–water partition coefficient (Wildman–Crippen LogP) is 2.58. The molecular weight excluding hydrogens is 160 g/mol. The molecule has 0 fully saturated rings. The van der Waals surface area contributed by atoms with Gasteiger partial charge in [-0.25, -0.2) is 0 Å². The highest BCUT2D eigenvalue weighted by atomic mass is 16.5. The molecule has 1 nitrogen and oxygen atoms in total. The zero-order valence-electron chi connectivity index (χ0n) is 7.60. The lowest BCUT2D eigenvalue weighted by Crippen LogP contribution is -1.88. The number of aryl methyl sites for hydroxylation is 1. The van der Waals surface area contributed by atoms with Crippen LogP contribution in [0.2, 0.25) is 0 Å². The van der Waals surface area contributed by atoms with E-state index in [-0.39, 0.29) is 0 Å². The van der Waals surface area contributed by atoms with Crippen molar-refractivity contribution in [3.05, 3.63) is 35.4 Å². The van der Waals surface area contributed by atoms with E-state index in [4.69, 9.17) is 4.74 Å². The summed E-state index contributed by atoms with van der Waals surface area (Å²) in [5.41, 5.74) is 5.58. The van der Waals surface area contributed by atoms with Crippen molar-refractivity contribution in [2.45, 2.75) is 19.3 Å². The fraction of sp³-hybridized carbons (Fsp3) is 0.333. The van der Waals surface area contributed by atoms with Crippen molar-refractivity contribution in [3.63, 3.8) is 0 Å². The van der Waals surface area contributed by atoms with E-state index in [1.54, 1.807) is 0 Å². The van der Waals surface area contributed by atoms with Crippen molar-refractivity contribution in [3.8, 4) is 5.75 Å². The molecule has 1 heteroatoms. The molecule has 0 N–H and O–H groups in total. The highest BCUT2D eigenvalue weighted by Crippen LogP contribution is 2.40. The minimum absolute atomic E-state index is 0.846. The summed E-state index contributed by atoms with van der Waals surface area (Å²) in [7, 11) is 0. The summed E-state index contributed by atoms with van der Waals surface area (Å²) in [6, 6.07) is 4.30. The zero-order valence-corrected chi connectivity index (χ0v) is 7.60. The summed E-state index contributed by atoms with van der Waals surface area (Å²) < 4.78 is 5.53. The molecular formula is C12H12O. The Kier molecular flexibility index (Phi) is 1.32. The second-order valence-electron chi connectivity index (χ2n) is 3.78. The molecule has 13 heavy (non-hydrogen) atoms. The number of fused-ring (bicyclic) bond motifs is 3. The van der Waals surface area contributed by atoms with Crippen molar-refractivity contribution in [1.82, 2.24) is 0 Å². The molecule has 2 aliphatic rings. The van der Waals surface area contributed by atoms with Gasteiger partial charge in [0.1, 0.15) is 5.75 Å². The van der Waals surface area contributed by atoms with Gasteiger partial charge in [0, 0.05) is 12.0 Å². The second kappa shape index (κ2) is 2.38. The monoisotopic (exact) mass is 172 g/mol. The van der Waals surface area contributed by atoms with Crippen LogP contribution in [0.1, 0.15) is 23.1 Å². The predicted molar refractivity (Wildman–Crippen MR) is 53.0 cm³/mol. The molecule has 1 aliphatic heterocycles. The van der Waals surface area contributed by atoms with Crippen LogP contribution in [0.3, 0.4) is 0 Å². The summed E-state index contributed by atoms with van der Waals surface area (Å²) in [5, 5.41) is 0. The molecule has 1 heterocycles. The van der Waals surface area contributed by atoms with E-state index in [1.807, 2.05) is 0 Å². The van der Waals surface area contributed by atoms with Crippen LogP contribution in [0.5, 0.6) is 5.75 Å². The largest absolute Gasteiger partial charge is 0.493 e. The lowest BCUT2D eigenvalue weighted by atomic mass is 9.99. The average Bonchev–Trinajstić information content (AvgIpc) is 2.70. The molecule has 0 bridgehead atoms. The number of benzene rings is 1. The summed E-state index contributed by atoms with van der Waals surface area (Å²) in [6.07, 6.45) is 3.37. The maximum atomic E-state index is 5.53. The molecule has 0 spiro atoms. The summed E-state index contributed by atoms with van der Waals surface area (Å²) in [6.45, 7) is 4.96. The quantitative estimate of drug-likeness (QED) is 0.584. The molecule has 0 radical (unpaired) electrons. The van der Waals surface area contributed by atoms with Gasteiger partial charge in [0.25, 0.3) is 0 Å². The van der Waals surface area contributed by atoms with E-state index >= 15 is 0 Å². The lowest BCUT2D eigenvalue weighted by molar-refractivity contribution is 0.357. The van der Waals surface area contributed by atoms with Gasteiger partial charge in [-0.1, -0.05) is 12.6 Å². The van der Waals surface area contributed by atoms with Crippen LogP contribution < -0.4 is 4.74 Å². The third-order valence-corrected chi connectivity index (χ3v) is 3.02. The molecule has 0 saturated carbocycles. The van der Waals surface area contributed by atoms with Gasteiger partial charge in [-0.3, -0.25) is 0 Å². The van der Waals surface area contributed by atoms with E-state index in [0.717, 1.165) is 25.2 Å². The van der Waals surface area contributed by atoms with Crippen LogP contribution in [0.25, 0.3) is 5.57 Å². The summed E-state index contributed by atoms with van der Waals surface area (Å²) in [5.74, 6) is 1.09. The normalized spacial score (nSPS) is 18.3. The van der Waals surface area contributed by atoms with Crippen molar-refractivity contribution in [2.75, 3.05) is 6.61 Å². The number of hydrogen-bond acceptors (Lipinski definition) is 1. The van der Waals surface area contributed by atoms with Crippen LogP contribution in [-0.2, 0) is 12.8 Å². The van der Waals surface area contributed by atoms with Crippen molar-refractivity contribution < 1.29 is 4.74 Å². The summed E-state index contributed by atoms with van der Waals surface area (Å²) in [4.78, 5) is 0. The van der Waals surface area contributed by atoms with E-state index in [2.05, 4.69) is 18.7 Å². The minimum Gasteiger partial charge on any atom is -0.493 e. The Hall–Kier alpha value is -1.24. The summed E-state index contributed by atoms with van der Waals surface area (Å²) >= 11 is 0. The Bertz CT molecular complexity index is 390. The molecule has 0 unspecified atom stereocenters.